The SMILES string of the molecule is CCNC(=NCc1ccc(C(=O)N2CCNC(=O)C2)cc1)NCCc1cccs1. The van der Waals surface area contributed by atoms with Crippen LogP contribution in [0.4, 0.5) is 0 Å². The van der Waals surface area contributed by atoms with Crippen molar-refractivity contribution in [3.05, 3.63) is 57.8 Å². The van der Waals surface area contributed by atoms with Crippen molar-refractivity contribution in [2.75, 3.05) is 32.7 Å². The molecule has 154 valence electrons. The molecule has 2 amide bonds. The number of benzene rings is 1. The maximum absolute atomic E-state index is 12.5. The Morgan fingerprint density at radius 3 is 2.76 bits per heavy atom. The number of carbonyl (C=O) groups excluding carboxylic acids is 2. The van der Waals surface area contributed by atoms with Gasteiger partial charge in [-0.05, 0) is 42.5 Å². The zero-order chi connectivity index (χ0) is 20.5. The van der Waals surface area contributed by atoms with E-state index in [0.29, 0.717) is 25.2 Å². The van der Waals surface area contributed by atoms with E-state index in [9.17, 15) is 9.59 Å². The molecule has 7 nitrogen and oxygen atoms in total. The number of thiophene rings is 1. The first-order valence-corrected chi connectivity index (χ1v) is 10.7. The van der Waals surface area contributed by atoms with Crippen LogP contribution in [0, 0.1) is 0 Å². The maximum atomic E-state index is 12.5. The Hall–Kier alpha value is -2.87. The van der Waals surface area contributed by atoms with Crippen molar-refractivity contribution in [3.63, 3.8) is 0 Å². The highest BCUT2D eigenvalue weighted by atomic mass is 32.1. The van der Waals surface area contributed by atoms with Gasteiger partial charge in [-0.2, -0.15) is 0 Å². The van der Waals surface area contributed by atoms with Gasteiger partial charge in [0.2, 0.25) is 5.91 Å². The number of amides is 2. The van der Waals surface area contributed by atoms with E-state index >= 15 is 0 Å². The molecule has 1 aromatic carbocycles. The lowest BCUT2D eigenvalue weighted by Crippen LogP contribution is -2.49. The topological polar surface area (TPSA) is 85.8 Å². The van der Waals surface area contributed by atoms with Gasteiger partial charge < -0.3 is 20.9 Å². The Morgan fingerprint density at radius 2 is 2.07 bits per heavy atom. The van der Waals surface area contributed by atoms with Gasteiger partial charge in [0.1, 0.15) is 0 Å². The lowest BCUT2D eigenvalue weighted by atomic mass is 10.1. The zero-order valence-electron chi connectivity index (χ0n) is 16.6. The highest BCUT2D eigenvalue weighted by molar-refractivity contribution is 7.09. The maximum Gasteiger partial charge on any atom is 0.254 e. The summed E-state index contributed by atoms with van der Waals surface area (Å²) in [4.78, 5) is 31.5. The van der Waals surface area contributed by atoms with E-state index in [2.05, 4.69) is 38.5 Å². The molecule has 29 heavy (non-hydrogen) atoms. The fourth-order valence-electron chi connectivity index (χ4n) is 3.02. The van der Waals surface area contributed by atoms with E-state index in [1.165, 1.54) is 4.88 Å². The standard InChI is InChI=1S/C21H27N5O2S/c1-2-22-21(24-10-9-18-4-3-13-29-18)25-14-16-5-7-17(8-6-16)20(28)26-12-11-23-19(27)15-26/h3-8,13H,2,9-12,14-15H2,1H3,(H,23,27)(H2,22,24,25). The predicted molar refractivity (Wildman–Crippen MR) is 116 cm³/mol. The summed E-state index contributed by atoms with van der Waals surface area (Å²) in [6.45, 7) is 5.34. The van der Waals surface area contributed by atoms with E-state index in [0.717, 1.165) is 31.0 Å². The molecule has 1 fully saturated rings. The molecule has 2 aromatic rings. The quantitative estimate of drug-likeness (QED) is 0.476. The second-order valence-electron chi connectivity index (χ2n) is 6.72. The third-order valence-corrected chi connectivity index (χ3v) is 5.47. The van der Waals surface area contributed by atoms with Crippen LogP contribution in [0.5, 0.6) is 0 Å². The number of nitrogens with one attached hydrogen (secondary N) is 3. The normalized spacial score (nSPS) is 14.4. The summed E-state index contributed by atoms with van der Waals surface area (Å²) < 4.78 is 0. The van der Waals surface area contributed by atoms with Gasteiger partial charge in [-0.25, -0.2) is 4.99 Å². The van der Waals surface area contributed by atoms with E-state index in [1.807, 2.05) is 19.1 Å². The Morgan fingerprint density at radius 1 is 1.24 bits per heavy atom. The Kier molecular flexibility index (Phi) is 7.63. The molecular formula is C21H27N5O2S. The van der Waals surface area contributed by atoms with Gasteiger partial charge in [0.15, 0.2) is 5.96 Å². The van der Waals surface area contributed by atoms with Crippen molar-refractivity contribution in [3.8, 4) is 0 Å². The lowest BCUT2D eigenvalue weighted by molar-refractivity contribution is -0.123. The van der Waals surface area contributed by atoms with Crippen molar-refractivity contribution in [2.45, 2.75) is 19.9 Å². The number of nitrogens with zero attached hydrogens (tertiary/aromatic N) is 2. The number of piperazine rings is 1. The Balaban J connectivity index is 1.53. The van der Waals surface area contributed by atoms with Crippen molar-refractivity contribution in [1.82, 2.24) is 20.9 Å². The number of guanidine groups is 1. The molecule has 3 rings (SSSR count). The molecule has 0 bridgehead atoms. The zero-order valence-corrected chi connectivity index (χ0v) is 17.4. The Bertz CT molecular complexity index is 833. The van der Waals surface area contributed by atoms with Crippen LogP contribution >= 0.6 is 11.3 Å². The molecule has 0 saturated carbocycles. The minimum Gasteiger partial charge on any atom is -0.357 e. The van der Waals surface area contributed by atoms with Gasteiger partial charge in [-0.3, -0.25) is 9.59 Å². The van der Waals surface area contributed by atoms with Crippen molar-refractivity contribution in [2.24, 2.45) is 4.99 Å². The first kappa shape index (κ1) is 20.9. The molecular weight excluding hydrogens is 386 g/mol. The molecule has 0 radical (unpaired) electrons. The molecule has 0 atom stereocenters. The number of hydrogen-bond acceptors (Lipinski definition) is 4. The van der Waals surface area contributed by atoms with Gasteiger partial charge in [0, 0.05) is 36.6 Å². The monoisotopic (exact) mass is 413 g/mol. The van der Waals surface area contributed by atoms with Crippen LogP contribution in [-0.2, 0) is 17.8 Å². The molecule has 0 aliphatic carbocycles. The highest BCUT2D eigenvalue weighted by Crippen LogP contribution is 2.10. The van der Waals surface area contributed by atoms with Crippen LogP contribution in [0.2, 0.25) is 0 Å². The summed E-state index contributed by atoms with van der Waals surface area (Å²) in [6.07, 6.45) is 0.966. The first-order chi connectivity index (χ1) is 14.2. The van der Waals surface area contributed by atoms with Crippen LogP contribution in [0.25, 0.3) is 0 Å². The second-order valence-corrected chi connectivity index (χ2v) is 7.76. The Labute approximate surface area is 175 Å². The van der Waals surface area contributed by atoms with Crippen LogP contribution in [0.3, 0.4) is 0 Å². The largest absolute Gasteiger partial charge is 0.357 e. The minimum atomic E-state index is -0.113. The molecule has 1 aromatic heterocycles. The molecule has 0 spiro atoms. The molecule has 1 aliphatic rings. The third kappa shape index (κ3) is 6.32. The van der Waals surface area contributed by atoms with Crippen LogP contribution in [-0.4, -0.2) is 55.4 Å². The smallest absolute Gasteiger partial charge is 0.254 e. The number of carbonyl (C=O) groups is 2. The first-order valence-electron chi connectivity index (χ1n) is 9.85. The molecule has 8 heteroatoms. The van der Waals surface area contributed by atoms with Gasteiger partial charge in [0.05, 0.1) is 13.1 Å². The molecule has 2 heterocycles. The van der Waals surface area contributed by atoms with Crippen LogP contribution < -0.4 is 16.0 Å². The van der Waals surface area contributed by atoms with Crippen molar-refractivity contribution >= 4 is 29.1 Å². The fourth-order valence-corrected chi connectivity index (χ4v) is 3.73. The number of aliphatic imine (C=N–C) groups is 1. The van der Waals surface area contributed by atoms with Gasteiger partial charge >= 0.3 is 0 Å². The summed E-state index contributed by atoms with van der Waals surface area (Å²) in [5, 5.41) is 11.4. The summed E-state index contributed by atoms with van der Waals surface area (Å²) in [5.41, 5.74) is 1.61. The summed E-state index contributed by atoms with van der Waals surface area (Å²) in [5.74, 6) is 0.556. The van der Waals surface area contributed by atoms with Gasteiger partial charge in [-0.1, -0.05) is 18.2 Å². The van der Waals surface area contributed by atoms with Crippen molar-refractivity contribution < 1.29 is 9.59 Å². The summed E-state index contributed by atoms with van der Waals surface area (Å²) in [7, 11) is 0. The molecule has 1 aliphatic heterocycles. The number of rotatable bonds is 7. The average Bonchev–Trinajstić information content (AvgIpc) is 3.25. The van der Waals surface area contributed by atoms with Gasteiger partial charge in [-0.15, -0.1) is 11.3 Å². The molecule has 1 saturated heterocycles. The second kappa shape index (κ2) is 10.6. The summed E-state index contributed by atoms with van der Waals surface area (Å²) >= 11 is 1.76. The van der Waals surface area contributed by atoms with Crippen LogP contribution in [0.1, 0.15) is 27.7 Å². The van der Waals surface area contributed by atoms with Gasteiger partial charge in [0.25, 0.3) is 5.91 Å². The number of hydrogen-bond donors (Lipinski definition) is 3. The highest BCUT2D eigenvalue weighted by Gasteiger charge is 2.22. The minimum absolute atomic E-state index is 0.113. The lowest BCUT2D eigenvalue weighted by Gasteiger charge is -2.26. The van der Waals surface area contributed by atoms with E-state index in [4.69, 9.17) is 0 Å². The molecule has 3 N–H and O–H groups in total. The fraction of sp³-hybridized carbons (Fsp3) is 0.381. The van der Waals surface area contributed by atoms with Crippen LogP contribution in [0.15, 0.2) is 46.8 Å². The average molecular weight is 414 g/mol. The van der Waals surface area contributed by atoms with E-state index < -0.39 is 0 Å². The van der Waals surface area contributed by atoms with Crippen molar-refractivity contribution in [1.29, 1.82) is 0 Å². The molecule has 0 unspecified atom stereocenters. The van der Waals surface area contributed by atoms with E-state index in [1.54, 1.807) is 28.4 Å². The third-order valence-electron chi connectivity index (χ3n) is 4.53. The summed E-state index contributed by atoms with van der Waals surface area (Å²) in [6, 6.07) is 11.6. The predicted octanol–water partition coefficient (Wildman–Crippen LogP) is 1.62. The van der Waals surface area contributed by atoms with E-state index in [-0.39, 0.29) is 18.4 Å².